The summed E-state index contributed by atoms with van der Waals surface area (Å²) in [4.78, 5) is 0. The molecule has 2 nitrogen and oxygen atoms in total. The van der Waals surface area contributed by atoms with Gasteiger partial charge in [0.05, 0.1) is 6.54 Å². The second-order valence-corrected chi connectivity index (χ2v) is 5.51. The second kappa shape index (κ2) is 2.92. The lowest BCUT2D eigenvalue weighted by Crippen LogP contribution is -1.61. The number of hydrogen-bond donors (Lipinski definition) is 1. The van der Waals surface area contributed by atoms with Crippen molar-refractivity contribution in [1.82, 2.24) is 0 Å². The summed E-state index contributed by atoms with van der Waals surface area (Å²) in [5.41, 5.74) is 4.88. The van der Waals surface area contributed by atoms with Gasteiger partial charge in [-0.3, -0.25) is 10.1 Å². The van der Waals surface area contributed by atoms with Crippen LogP contribution in [0.15, 0.2) is 0 Å². The van der Waals surface area contributed by atoms with Gasteiger partial charge < -0.3 is 0 Å². The van der Waals surface area contributed by atoms with Crippen LogP contribution in [0.25, 0.3) is 0 Å². The minimum Gasteiger partial charge on any atom is -0.296 e. The molecule has 0 aromatic heterocycles. The molecule has 0 aliphatic rings. The first-order valence-electron chi connectivity index (χ1n) is 0.899. The Bertz CT molecular complexity index is 60.7. The van der Waals surface area contributed by atoms with E-state index in [1.165, 1.54) is 0 Å². The molecule has 0 radical (unpaired) electrons. The molecule has 1 atom stereocenters. The quantitative estimate of drug-likeness (QED) is 0.528. The normalized spacial score (nSPS) is 15.4. The molecule has 5 heavy (non-hydrogen) atoms. The SMILES string of the molecule is N[PH](=S)P=O. The Labute approximate surface area is 37.3 Å². The first-order valence-corrected chi connectivity index (χ1v) is 5.26. The van der Waals surface area contributed by atoms with E-state index in [1.807, 2.05) is 0 Å². The van der Waals surface area contributed by atoms with E-state index in [2.05, 4.69) is 11.8 Å². The summed E-state index contributed by atoms with van der Waals surface area (Å²) in [5, 5.41) is 0. The molecular weight excluding hydrogens is 124 g/mol. The van der Waals surface area contributed by atoms with Gasteiger partial charge in [0.1, 0.15) is 0 Å². The number of rotatable bonds is 1. The van der Waals surface area contributed by atoms with E-state index in [9.17, 15) is 4.57 Å². The third-order valence-corrected chi connectivity index (χ3v) is 1.48. The van der Waals surface area contributed by atoms with Gasteiger partial charge in [0.15, 0.2) is 0 Å². The van der Waals surface area contributed by atoms with Crippen molar-refractivity contribution in [2.45, 2.75) is 0 Å². The summed E-state index contributed by atoms with van der Waals surface area (Å²) < 4.78 is 9.42. The maximum atomic E-state index is 9.42. The Morgan fingerprint density at radius 3 is 2.20 bits per heavy atom. The van der Waals surface area contributed by atoms with Gasteiger partial charge in [-0.2, -0.15) is 0 Å². The average Bonchev–Trinajstić information content (AvgIpc) is 1.38. The van der Waals surface area contributed by atoms with E-state index in [1.54, 1.807) is 0 Å². The van der Waals surface area contributed by atoms with Crippen LogP contribution in [0.2, 0.25) is 0 Å². The van der Waals surface area contributed by atoms with Crippen LogP contribution >= 0.6 is 14.7 Å². The Morgan fingerprint density at radius 1 is 2.00 bits per heavy atom. The zero-order valence-electron chi connectivity index (χ0n) is 2.34. The molecule has 0 aliphatic carbocycles. The highest BCUT2D eigenvalue weighted by Crippen LogP contribution is 2.25. The van der Waals surface area contributed by atoms with Gasteiger partial charge in [-0.1, -0.05) is 11.8 Å². The molecule has 0 amide bonds. The second-order valence-electron chi connectivity index (χ2n) is 0.430. The molecule has 0 fully saturated rings. The number of hydrogen-bond acceptors (Lipinski definition) is 2. The fourth-order valence-electron chi connectivity index (χ4n) is 0. The molecule has 30 valence electrons. The van der Waals surface area contributed by atoms with Gasteiger partial charge in [-0.05, 0) is 0 Å². The lowest BCUT2D eigenvalue weighted by Gasteiger charge is -1.64. The van der Waals surface area contributed by atoms with Crippen molar-refractivity contribution in [2.75, 3.05) is 0 Å². The van der Waals surface area contributed by atoms with Crippen LogP contribution in [0.5, 0.6) is 0 Å². The van der Waals surface area contributed by atoms with Crippen molar-refractivity contribution in [2.24, 2.45) is 5.50 Å². The molecule has 0 heterocycles. The molecule has 0 aromatic rings. The van der Waals surface area contributed by atoms with Gasteiger partial charge in [-0.25, -0.2) is 0 Å². The standard InChI is InChI=1S/H3NOP2S/c1-4(5)3-2/h4H,(H2,1,5). The lowest BCUT2D eigenvalue weighted by atomic mass is 13.9. The summed E-state index contributed by atoms with van der Waals surface area (Å²) in [5.74, 6) is 0. The highest BCUT2D eigenvalue weighted by atomic mass is 32.6. The monoisotopic (exact) mass is 127 g/mol. The van der Waals surface area contributed by atoms with Crippen molar-refractivity contribution in [3.8, 4) is 0 Å². The van der Waals surface area contributed by atoms with Crippen molar-refractivity contribution < 1.29 is 4.57 Å². The third-order valence-electron chi connectivity index (χ3n) is 0.0900. The summed E-state index contributed by atoms with van der Waals surface area (Å²) in [6, 6.07) is 0. The molecule has 0 bridgehead atoms. The zero-order chi connectivity index (χ0) is 4.28. The van der Waals surface area contributed by atoms with E-state index < -0.39 is 6.54 Å². The highest BCUT2D eigenvalue weighted by molar-refractivity contribution is 8.34. The maximum absolute atomic E-state index is 9.42. The van der Waals surface area contributed by atoms with Crippen LogP contribution < -0.4 is 5.50 Å². The van der Waals surface area contributed by atoms with E-state index in [4.69, 9.17) is 5.50 Å². The molecular formula is H3NOP2S. The van der Waals surface area contributed by atoms with Crippen molar-refractivity contribution in [1.29, 1.82) is 0 Å². The predicted octanol–water partition coefficient (Wildman–Crippen LogP) is 0.743. The van der Waals surface area contributed by atoms with Crippen LogP contribution in [-0.2, 0) is 16.4 Å². The summed E-state index contributed by atoms with van der Waals surface area (Å²) >= 11 is 4.33. The molecule has 5 heteroatoms. The van der Waals surface area contributed by atoms with E-state index in [0.717, 1.165) is 0 Å². The topological polar surface area (TPSA) is 43.1 Å². The zero-order valence-corrected chi connectivity index (χ0v) is 5.05. The Hall–Kier alpha value is 0.710. The van der Waals surface area contributed by atoms with Crippen LogP contribution in [0.1, 0.15) is 0 Å². The van der Waals surface area contributed by atoms with E-state index >= 15 is 0 Å². The summed E-state index contributed by atoms with van der Waals surface area (Å²) in [6.45, 7) is -1.37. The largest absolute Gasteiger partial charge is 0.296 e. The molecule has 0 saturated heterocycles. The fraction of sp³-hybridized carbons (Fsp3) is 0. The molecule has 2 N–H and O–H groups in total. The molecule has 0 rings (SSSR count). The third kappa shape index (κ3) is 4.71. The van der Waals surface area contributed by atoms with Crippen LogP contribution in [0, 0.1) is 0 Å². The maximum Gasteiger partial charge on any atom is 0.203 e. The minimum absolute atomic E-state index is 0.0586. The van der Waals surface area contributed by atoms with Crippen LogP contribution in [0.3, 0.4) is 0 Å². The molecule has 1 unspecified atom stereocenters. The smallest absolute Gasteiger partial charge is 0.203 e. The van der Waals surface area contributed by atoms with Crippen molar-refractivity contribution in [3.05, 3.63) is 0 Å². The Kier molecular flexibility index (Phi) is 3.34. The molecule has 0 aromatic carbocycles. The van der Waals surface area contributed by atoms with Crippen LogP contribution in [-0.4, -0.2) is 0 Å². The number of nitrogens with two attached hydrogens (primary N) is 1. The van der Waals surface area contributed by atoms with E-state index in [-0.39, 0.29) is 8.15 Å². The fourth-order valence-corrected chi connectivity index (χ4v) is 0. The average molecular weight is 127 g/mol. The highest BCUT2D eigenvalue weighted by Gasteiger charge is 1.69. The van der Waals surface area contributed by atoms with Crippen LogP contribution in [0.4, 0.5) is 0 Å². The first-order chi connectivity index (χ1) is 2.27. The summed E-state index contributed by atoms with van der Waals surface area (Å²) in [6.07, 6.45) is 0. The molecule has 0 aliphatic heterocycles. The van der Waals surface area contributed by atoms with Crippen molar-refractivity contribution in [3.63, 3.8) is 0 Å². The minimum atomic E-state index is -1.37. The Balaban J connectivity index is 3.20. The summed E-state index contributed by atoms with van der Waals surface area (Å²) in [7, 11) is -0.0586. The molecule has 0 spiro atoms. The van der Waals surface area contributed by atoms with Crippen molar-refractivity contribution >= 4 is 26.5 Å². The van der Waals surface area contributed by atoms with Gasteiger partial charge in [-0.15, -0.1) is 0 Å². The molecule has 0 saturated carbocycles. The lowest BCUT2D eigenvalue weighted by molar-refractivity contribution is 0.605. The van der Waals surface area contributed by atoms with Gasteiger partial charge in [0.2, 0.25) is 8.15 Å². The Morgan fingerprint density at radius 2 is 2.20 bits per heavy atom. The van der Waals surface area contributed by atoms with E-state index in [0.29, 0.717) is 0 Å². The van der Waals surface area contributed by atoms with Gasteiger partial charge in [0.25, 0.3) is 0 Å². The predicted molar refractivity (Wildman–Crippen MR) is 27.5 cm³/mol. The van der Waals surface area contributed by atoms with Gasteiger partial charge >= 0.3 is 0 Å². The van der Waals surface area contributed by atoms with Gasteiger partial charge in [0, 0.05) is 0 Å². The first kappa shape index (κ1) is 5.71.